The van der Waals surface area contributed by atoms with E-state index in [2.05, 4.69) is 33.9 Å². The zero-order valence-corrected chi connectivity index (χ0v) is 11.0. The standard InChI is InChI=1S/C13H19N3S/c1-2-12-4-5-13(17-12)10-14-6-3-8-16-9-7-15-11-16/h4-5,7,9,11,14H,2-3,6,8,10H2,1H3. The van der Waals surface area contributed by atoms with Gasteiger partial charge in [0.1, 0.15) is 0 Å². The van der Waals surface area contributed by atoms with Crippen LogP contribution in [0.15, 0.2) is 30.9 Å². The summed E-state index contributed by atoms with van der Waals surface area (Å²) >= 11 is 1.91. The van der Waals surface area contributed by atoms with Gasteiger partial charge in [-0.25, -0.2) is 4.98 Å². The number of thiophene rings is 1. The van der Waals surface area contributed by atoms with Gasteiger partial charge in [-0.2, -0.15) is 0 Å². The van der Waals surface area contributed by atoms with Crippen molar-refractivity contribution in [1.82, 2.24) is 14.9 Å². The average molecular weight is 249 g/mol. The van der Waals surface area contributed by atoms with Crippen molar-refractivity contribution in [3.63, 3.8) is 0 Å². The SMILES string of the molecule is CCc1ccc(CNCCCn2ccnc2)s1. The Labute approximate surface area is 107 Å². The predicted molar refractivity (Wildman–Crippen MR) is 72.2 cm³/mol. The van der Waals surface area contributed by atoms with E-state index < -0.39 is 0 Å². The minimum absolute atomic E-state index is 0.995. The van der Waals surface area contributed by atoms with Gasteiger partial charge in [0.2, 0.25) is 0 Å². The van der Waals surface area contributed by atoms with Crippen LogP contribution in [0.5, 0.6) is 0 Å². The van der Waals surface area contributed by atoms with Gasteiger partial charge in [-0.1, -0.05) is 6.92 Å². The molecule has 2 rings (SSSR count). The first-order valence-corrected chi connectivity index (χ1v) is 6.94. The average Bonchev–Trinajstić information content (AvgIpc) is 2.99. The second-order valence-electron chi connectivity index (χ2n) is 4.05. The molecule has 0 fully saturated rings. The van der Waals surface area contributed by atoms with Gasteiger partial charge in [0.25, 0.3) is 0 Å². The second-order valence-corrected chi connectivity index (χ2v) is 5.31. The third-order valence-electron chi connectivity index (χ3n) is 2.69. The molecule has 1 N–H and O–H groups in total. The van der Waals surface area contributed by atoms with Crippen molar-refractivity contribution in [3.05, 3.63) is 40.6 Å². The molecule has 0 aromatic carbocycles. The smallest absolute Gasteiger partial charge is 0.0945 e. The molecule has 0 radical (unpaired) electrons. The summed E-state index contributed by atoms with van der Waals surface area (Å²) in [5, 5.41) is 3.48. The number of aromatic nitrogens is 2. The molecule has 3 nitrogen and oxygen atoms in total. The third kappa shape index (κ3) is 3.98. The molecule has 2 aromatic heterocycles. The van der Waals surface area contributed by atoms with Crippen LogP contribution < -0.4 is 5.32 Å². The maximum absolute atomic E-state index is 4.03. The second kappa shape index (κ2) is 6.57. The molecular formula is C13H19N3S. The predicted octanol–water partition coefficient (Wildman–Crippen LogP) is 2.69. The molecule has 0 aliphatic heterocycles. The molecule has 0 aliphatic rings. The number of hydrogen-bond acceptors (Lipinski definition) is 3. The molecule has 92 valence electrons. The van der Waals surface area contributed by atoms with Crippen molar-refractivity contribution in [2.45, 2.75) is 32.9 Å². The Hall–Kier alpha value is -1.13. The zero-order valence-electron chi connectivity index (χ0n) is 10.2. The van der Waals surface area contributed by atoms with Crippen LogP contribution in [0.4, 0.5) is 0 Å². The molecule has 4 heteroatoms. The van der Waals surface area contributed by atoms with Crippen molar-refractivity contribution in [2.24, 2.45) is 0 Å². The van der Waals surface area contributed by atoms with Crippen molar-refractivity contribution in [2.75, 3.05) is 6.54 Å². The van der Waals surface area contributed by atoms with Crippen LogP contribution in [0.3, 0.4) is 0 Å². The van der Waals surface area contributed by atoms with E-state index in [-0.39, 0.29) is 0 Å². The lowest BCUT2D eigenvalue weighted by Gasteiger charge is -2.03. The largest absolute Gasteiger partial charge is 0.337 e. The zero-order chi connectivity index (χ0) is 11.9. The van der Waals surface area contributed by atoms with Gasteiger partial charge in [0, 0.05) is 35.2 Å². The molecule has 2 heterocycles. The molecule has 0 saturated heterocycles. The first kappa shape index (κ1) is 12.3. The minimum Gasteiger partial charge on any atom is -0.337 e. The number of rotatable bonds is 7. The lowest BCUT2D eigenvalue weighted by Crippen LogP contribution is -2.15. The van der Waals surface area contributed by atoms with Gasteiger partial charge in [-0.3, -0.25) is 0 Å². The van der Waals surface area contributed by atoms with E-state index in [0.29, 0.717) is 0 Å². The van der Waals surface area contributed by atoms with Crippen LogP contribution in [-0.4, -0.2) is 16.1 Å². The van der Waals surface area contributed by atoms with E-state index in [1.54, 1.807) is 0 Å². The summed E-state index contributed by atoms with van der Waals surface area (Å²) in [6.07, 6.45) is 7.98. The Kier molecular flexibility index (Phi) is 4.76. The van der Waals surface area contributed by atoms with Crippen molar-refractivity contribution in [3.8, 4) is 0 Å². The summed E-state index contributed by atoms with van der Waals surface area (Å²) in [6.45, 7) is 5.29. The molecule has 17 heavy (non-hydrogen) atoms. The van der Waals surface area contributed by atoms with Crippen molar-refractivity contribution < 1.29 is 0 Å². The molecule has 0 aliphatic carbocycles. The summed E-state index contributed by atoms with van der Waals surface area (Å²) in [5.41, 5.74) is 0. The highest BCUT2D eigenvalue weighted by Crippen LogP contribution is 2.16. The van der Waals surface area contributed by atoms with Gasteiger partial charge in [0.05, 0.1) is 6.33 Å². The highest BCUT2D eigenvalue weighted by atomic mass is 32.1. The Morgan fingerprint density at radius 2 is 2.24 bits per heavy atom. The number of hydrogen-bond donors (Lipinski definition) is 1. The number of imidazole rings is 1. The van der Waals surface area contributed by atoms with E-state index in [0.717, 1.165) is 32.5 Å². The minimum atomic E-state index is 0.995. The monoisotopic (exact) mass is 249 g/mol. The third-order valence-corrected chi connectivity index (χ3v) is 3.92. The van der Waals surface area contributed by atoms with E-state index in [1.807, 2.05) is 30.1 Å². The highest BCUT2D eigenvalue weighted by molar-refractivity contribution is 7.11. The molecular weight excluding hydrogens is 230 g/mol. The van der Waals surface area contributed by atoms with Crippen LogP contribution in [0.25, 0.3) is 0 Å². The van der Waals surface area contributed by atoms with Gasteiger partial charge in [-0.05, 0) is 31.5 Å². The van der Waals surface area contributed by atoms with Crippen LogP contribution in [0.2, 0.25) is 0 Å². The summed E-state index contributed by atoms with van der Waals surface area (Å²) in [5.74, 6) is 0. The summed E-state index contributed by atoms with van der Waals surface area (Å²) in [7, 11) is 0. The maximum Gasteiger partial charge on any atom is 0.0945 e. The molecule has 0 unspecified atom stereocenters. The van der Waals surface area contributed by atoms with Gasteiger partial charge in [-0.15, -0.1) is 11.3 Å². The lowest BCUT2D eigenvalue weighted by atomic mass is 10.3. The highest BCUT2D eigenvalue weighted by Gasteiger charge is 1.97. The topological polar surface area (TPSA) is 29.9 Å². The molecule has 0 spiro atoms. The van der Waals surface area contributed by atoms with E-state index >= 15 is 0 Å². The van der Waals surface area contributed by atoms with Crippen LogP contribution in [0, 0.1) is 0 Å². The number of aryl methyl sites for hydroxylation is 2. The van der Waals surface area contributed by atoms with Crippen molar-refractivity contribution >= 4 is 11.3 Å². The van der Waals surface area contributed by atoms with Crippen LogP contribution >= 0.6 is 11.3 Å². The van der Waals surface area contributed by atoms with Gasteiger partial charge < -0.3 is 9.88 Å². The first-order chi connectivity index (χ1) is 8.38. The Morgan fingerprint density at radius 3 is 2.94 bits per heavy atom. The normalized spacial score (nSPS) is 10.9. The van der Waals surface area contributed by atoms with Crippen molar-refractivity contribution in [1.29, 1.82) is 0 Å². The summed E-state index contributed by atoms with van der Waals surface area (Å²) < 4.78 is 2.11. The first-order valence-electron chi connectivity index (χ1n) is 6.12. The van der Waals surface area contributed by atoms with Gasteiger partial charge in [0.15, 0.2) is 0 Å². The quantitative estimate of drug-likeness (QED) is 0.765. The van der Waals surface area contributed by atoms with E-state index in [4.69, 9.17) is 0 Å². The van der Waals surface area contributed by atoms with Crippen LogP contribution in [0.1, 0.15) is 23.1 Å². The molecule has 0 saturated carbocycles. The Morgan fingerprint density at radius 1 is 1.35 bits per heavy atom. The lowest BCUT2D eigenvalue weighted by molar-refractivity contribution is 0.583. The molecule has 2 aromatic rings. The van der Waals surface area contributed by atoms with E-state index in [9.17, 15) is 0 Å². The van der Waals surface area contributed by atoms with Crippen LogP contribution in [-0.2, 0) is 19.5 Å². The molecule has 0 amide bonds. The summed E-state index contributed by atoms with van der Waals surface area (Å²) in [6, 6.07) is 4.46. The fourth-order valence-electron chi connectivity index (χ4n) is 1.72. The number of nitrogens with zero attached hydrogens (tertiary/aromatic N) is 2. The van der Waals surface area contributed by atoms with E-state index in [1.165, 1.54) is 9.75 Å². The Balaban J connectivity index is 1.60. The number of nitrogens with one attached hydrogen (secondary N) is 1. The maximum atomic E-state index is 4.03. The van der Waals surface area contributed by atoms with Gasteiger partial charge >= 0.3 is 0 Å². The Bertz CT molecular complexity index is 420. The molecule has 0 atom stereocenters. The fourth-order valence-corrected chi connectivity index (χ4v) is 2.65. The molecule has 0 bridgehead atoms. The fraction of sp³-hybridized carbons (Fsp3) is 0.462. The summed E-state index contributed by atoms with van der Waals surface area (Å²) in [4.78, 5) is 6.93.